The third-order valence-electron chi connectivity index (χ3n) is 7.54. The van der Waals surface area contributed by atoms with Crippen LogP contribution in [-0.2, 0) is 6.42 Å². The van der Waals surface area contributed by atoms with Gasteiger partial charge in [-0.2, -0.15) is 0 Å². The molecule has 0 heteroatoms. The Morgan fingerprint density at radius 1 is 0.444 bits per heavy atom. The third-order valence-corrected chi connectivity index (χ3v) is 7.54. The van der Waals surface area contributed by atoms with E-state index in [1.807, 2.05) is 0 Å². The number of hydrogen-bond donors (Lipinski definition) is 0. The summed E-state index contributed by atoms with van der Waals surface area (Å²) in [5.74, 6) is 0. The van der Waals surface area contributed by atoms with Crippen molar-refractivity contribution in [2.24, 2.45) is 0 Å². The van der Waals surface area contributed by atoms with Gasteiger partial charge < -0.3 is 0 Å². The summed E-state index contributed by atoms with van der Waals surface area (Å²) in [5, 5.41) is 0. The summed E-state index contributed by atoms with van der Waals surface area (Å²) in [7, 11) is 0. The van der Waals surface area contributed by atoms with Crippen LogP contribution in [0, 0.1) is 0 Å². The monoisotopic (exact) mass is 458 g/mol. The topological polar surface area (TPSA) is 0 Å². The Bertz CT molecular complexity index is 1640. The number of rotatable bonds is 4. The first kappa shape index (κ1) is 20.9. The molecule has 7 rings (SSSR count). The van der Waals surface area contributed by atoms with Crippen LogP contribution in [0.25, 0.3) is 50.1 Å². The van der Waals surface area contributed by atoms with Gasteiger partial charge in [0, 0.05) is 0 Å². The molecule has 0 spiro atoms. The fourth-order valence-electron chi connectivity index (χ4n) is 6.05. The van der Waals surface area contributed by atoms with E-state index in [9.17, 15) is 0 Å². The number of benzene rings is 5. The average Bonchev–Trinajstić information content (AvgIpc) is 3.62. The first-order valence-corrected chi connectivity index (χ1v) is 12.7. The maximum atomic E-state index is 2.32. The minimum absolute atomic E-state index is 0.965. The molecule has 0 aromatic heterocycles. The molecule has 0 saturated carbocycles. The largest absolute Gasteiger partial charge is 0.0801 e. The molecule has 170 valence electrons. The lowest BCUT2D eigenvalue weighted by molar-refractivity contribution is 1.24. The van der Waals surface area contributed by atoms with E-state index in [-0.39, 0.29) is 0 Å². The molecule has 5 aromatic rings. The van der Waals surface area contributed by atoms with Crippen molar-refractivity contribution in [1.29, 1.82) is 0 Å². The van der Waals surface area contributed by atoms with Crippen LogP contribution in [0.3, 0.4) is 0 Å². The second-order valence-electron chi connectivity index (χ2n) is 9.61. The van der Waals surface area contributed by atoms with E-state index in [0.717, 1.165) is 12.8 Å². The van der Waals surface area contributed by atoms with Gasteiger partial charge in [0.25, 0.3) is 0 Å². The Hall–Kier alpha value is -4.42. The first-order chi connectivity index (χ1) is 17.9. The standard InChI is InChI=1S/C36H26/c1-4-14-26(15-5-1)33-32(25-20-10-11-21-25)31-24-29-22-12-13-23-30(29)36(31)35(28-18-8-3-9-19-28)34(33)27-16-6-2-7-17-27/h1-20,22-23H,21,24H2. The molecule has 0 radical (unpaired) electrons. The Labute approximate surface area is 212 Å². The van der Waals surface area contributed by atoms with Gasteiger partial charge in [-0.1, -0.05) is 133 Å². The van der Waals surface area contributed by atoms with Crippen molar-refractivity contribution >= 4 is 5.57 Å². The van der Waals surface area contributed by atoms with Gasteiger partial charge in [0.2, 0.25) is 0 Å². The van der Waals surface area contributed by atoms with Crippen LogP contribution in [0.15, 0.2) is 133 Å². The summed E-state index contributed by atoms with van der Waals surface area (Å²) in [6.45, 7) is 0. The average molecular weight is 459 g/mol. The summed E-state index contributed by atoms with van der Waals surface area (Å²) in [6, 6.07) is 41.9. The van der Waals surface area contributed by atoms with Crippen LogP contribution in [0.4, 0.5) is 0 Å². The third kappa shape index (κ3) is 3.30. The van der Waals surface area contributed by atoms with Crippen molar-refractivity contribution in [2.75, 3.05) is 0 Å². The summed E-state index contributed by atoms with van der Waals surface area (Å²) < 4.78 is 0. The molecule has 0 nitrogen and oxygen atoms in total. The van der Waals surface area contributed by atoms with Crippen LogP contribution in [-0.4, -0.2) is 0 Å². The van der Waals surface area contributed by atoms with Crippen LogP contribution in [0.5, 0.6) is 0 Å². The molecule has 0 amide bonds. The fraction of sp³-hybridized carbons (Fsp3) is 0.0556. The predicted octanol–water partition coefficient (Wildman–Crippen LogP) is 9.60. The van der Waals surface area contributed by atoms with Crippen molar-refractivity contribution in [2.45, 2.75) is 12.8 Å². The Balaban J connectivity index is 1.72. The molecule has 0 atom stereocenters. The molecule has 0 N–H and O–H groups in total. The number of fused-ring (bicyclic) bond motifs is 3. The highest BCUT2D eigenvalue weighted by Gasteiger charge is 2.32. The van der Waals surface area contributed by atoms with Gasteiger partial charge >= 0.3 is 0 Å². The normalized spacial score (nSPS) is 13.4. The molecule has 0 aliphatic heterocycles. The molecular formula is C36H26. The lowest BCUT2D eigenvalue weighted by Gasteiger charge is -2.26. The summed E-state index contributed by atoms with van der Waals surface area (Å²) >= 11 is 0. The second-order valence-corrected chi connectivity index (χ2v) is 9.61. The molecule has 0 fully saturated rings. The molecule has 36 heavy (non-hydrogen) atoms. The van der Waals surface area contributed by atoms with Gasteiger partial charge in [-0.3, -0.25) is 0 Å². The Morgan fingerprint density at radius 2 is 0.944 bits per heavy atom. The lowest BCUT2D eigenvalue weighted by atomic mass is 9.77. The zero-order valence-electron chi connectivity index (χ0n) is 20.1. The van der Waals surface area contributed by atoms with Gasteiger partial charge in [-0.05, 0) is 79.6 Å². The van der Waals surface area contributed by atoms with Gasteiger partial charge in [0.15, 0.2) is 0 Å². The van der Waals surface area contributed by atoms with E-state index in [1.165, 1.54) is 66.8 Å². The van der Waals surface area contributed by atoms with E-state index in [4.69, 9.17) is 0 Å². The smallest absolute Gasteiger partial charge is 0.000694 e. The van der Waals surface area contributed by atoms with Crippen LogP contribution in [0.2, 0.25) is 0 Å². The quantitative estimate of drug-likeness (QED) is 0.247. The van der Waals surface area contributed by atoms with Crippen molar-refractivity contribution in [3.63, 3.8) is 0 Å². The van der Waals surface area contributed by atoms with E-state index in [0.29, 0.717) is 0 Å². The highest BCUT2D eigenvalue weighted by atomic mass is 14.3. The van der Waals surface area contributed by atoms with Crippen molar-refractivity contribution < 1.29 is 0 Å². The van der Waals surface area contributed by atoms with Gasteiger partial charge in [0.1, 0.15) is 0 Å². The Kier molecular flexibility index (Phi) is 5.03. The molecule has 0 heterocycles. The number of allylic oxidation sites excluding steroid dienone is 4. The summed E-state index contributed by atoms with van der Waals surface area (Å²) in [5.41, 5.74) is 16.3. The SMILES string of the molecule is C1=CCC(c2c3c(c(-c4ccccc4)c(-c4ccccc4)c2-c2ccccc2)-c2ccccc2C3)=C1. The molecule has 0 unspecified atom stereocenters. The zero-order valence-corrected chi connectivity index (χ0v) is 20.1. The van der Waals surface area contributed by atoms with E-state index < -0.39 is 0 Å². The molecular weight excluding hydrogens is 432 g/mol. The van der Waals surface area contributed by atoms with Gasteiger partial charge in [-0.15, -0.1) is 0 Å². The highest BCUT2D eigenvalue weighted by Crippen LogP contribution is 2.55. The van der Waals surface area contributed by atoms with E-state index in [2.05, 4.69) is 133 Å². The maximum Gasteiger partial charge on any atom is -0.000694 e. The second kappa shape index (κ2) is 8.66. The summed E-state index contributed by atoms with van der Waals surface area (Å²) in [6.07, 6.45) is 8.76. The lowest BCUT2D eigenvalue weighted by Crippen LogP contribution is -2.02. The Morgan fingerprint density at radius 3 is 1.50 bits per heavy atom. The minimum Gasteiger partial charge on any atom is -0.0801 e. The van der Waals surface area contributed by atoms with Crippen LogP contribution >= 0.6 is 0 Å². The van der Waals surface area contributed by atoms with Crippen molar-refractivity contribution in [1.82, 2.24) is 0 Å². The number of hydrogen-bond acceptors (Lipinski definition) is 0. The summed E-state index contributed by atoms with van der Waals surface area (Å²) in [4.78, 5) is 0. The highest BCUT2D eigenvalue weighted by molar-refractivity contribution is 6.09. The van der Waals surface area contributed by atoms with E-state index >= 15 is 0 Å². The molecule has 0 bridgehead atoms. The molecule has 0 saturated heterocycles. The minimum atomic E-state index is 0.965. The van der Waals surface area contributed by atoms with Gasteiger partial charge in [0.05, 0.1) is 0 Å². The predicted molar refractivity (Wildman–Crippen MR) is 153 cm³/mol. The van der Waals surface area contributed by atoms with Crippen LogP contribution in [0.1, 0.15) is 23.1 Å². The molecule has 2 aliphatic carbocycles. The molecule has 5 aromatic carbocycles. The van der Waals surface area contributed by atoms with Crippen molar-refractivity contribution in [3.05, 3.63) is 150 Å². The van der Waals surface area contributed by atoms with Gasteiger partial charge in [-0.25, -0.2) is 0 Å². The van der Waals surface area contributed by atoms with E-state index in [1.54, 1.807) is 0 Å². The fourth-order valence-corrected chi connectivity index (χ4v) is 6.05. The van der Waals surface area contributed by atoms with Crippen LogP contribution < -0.4 is 0 Å². The zero-order chi connectivity index (χ0) is 23.9. The molecule has 2 aliphatic rings. The maximum absolute atomic E-state index is 2.32. The first-order valence-electron chi connectivity index (χ1n) is 12.7. The van der Waals surface area contributed by atoms with Crippen molar-refractivity contribution in [3.8, 4) is 44.5 Å².